The number of fused-ring (bicyclic) bond motifs is 1. The molecule has 1 saturated heterocycles. The van der Waals surface area contributed by atoms with Gasteiger partial charge in [0.25, 0.3) is 0 Å². The number of benzene rings is 1. The molecule has 0 radical (unpaired) electrons. The third kappa shape index (κ3) is 4.92. The summed E-state index contributed by atoms with van der Waals surface area (Å²) in [6, 6.07) is 0. The van der Waals surface area contributed by atoms with Crippen LogP contribution in [0.15, 0.2) is 11.6 Å². The highest BCUT2D eigenvalue weighted by Crippen LogP contribution is 2.42. The van der Waals surface area contributed by atoms with Crippen molar-refractivity contribution >= 4 is 28.3 Å². The monoisotopic (exact) mass is 487 g/mol. The number of anilines is 1. The highest BCUT2D eigenvalue weighted by Gasteiger charge is 2.32. The fourth-order valence-corrected chi connectivity index (χ4v) is 5.14. The van der Waals surface area contributed by atoms with Gasteiger partial charge in [0.1, 0.15) is 34.8 Å². The van der Waals surface area contributed by atoms with E-state index in [1.165, 1.54) is 18.4 Å². The van der Waals surface area contributed by atoms with Crippen LogP contribution >= 0.6 is 11.3 Å². The van der Waals surface area contributed by atoms with Crippen LogP contribution in [-0.2, 0) is 27.3 Å². The van der Waals surface area contributed by atoms with E-state index in [0.29, 0.717) is 41.5 Å². The fraction of sp³-hybridized carbons (Fsp3) is 0.500. The van der Waals surface area contributed by atoms with Gasteiger partial charge in [0.2, 0.25) is 11.0 Å². The number of esters is 1. The zero-order valence-corrected chi connectivity index (χ0v) is 20.7. The molecule has 1 aromatic carbocycles. The molecular weight excluding hydrogens is 458 g/mol. The number of hydrogen-bond acceptors (Lipinski definition) is 9. The minimum Gasteiger partial charge on any atom is -0.496 e. The molecule has 2 aliphatic rings. The molecule has 1 atom stereocenters. The maximum absolute atomic E-state index is 12.4. The largest absolute Gasteiger partial charge is 0.496 e. The Bertz CT molecular complexity index is 1120. The number of nitrogens with zero attached hydrogens (tertiary/aromatic N) is 2. The van der Waals surface area contributed by atoms with Gasteiger partial charge in [0.05, 0.1) is 14.2 Å². The van der Waals surface area contributed by atoms with Crippen molar-refractivity contribution in [2.45, 2.75) is 58.7 Å². The lowest BCUT2D eigenvalue weighted by Gasteiger charge is -2.18. The van der Waals surface area contributed by atoms with Crippen LogP contribution in [0.2, 0.25) is 0 Å². The Kier molecular flexibility index (Phi) is 7.47. The maximum atomic E-state index is 12.4. The molecule has 0 spiro atoms. The van der Waals surface area contributed by atoms with E-state index in [1.807, 2.05) is 19.9 Å². The molecule has 1 aromatic heterocycles. The first-order valence-corrected chi connectivity index (χ1v) is 12.1. The predicted octanol–water partition coefficient (Wildman–Crippen LogP) is 4.29. The van der Waals surface area contributed by atoms with Crippen molar-refractivity contribution in [2.24, 2.45) is 0 Å². The minimum atomic E-state index is -0.379. The third-order valence-corrected chi connectivity index (χ3v) is 7.05. The summed E-state index contributed by atoms with van der Waals surface area (Å²) < 4.78 is 22.1. The number of rotatable bonds is 9. The SMILES string of the molecule is COc1c(C)c2c(c(OC)c1C/C=C(\C)CCC(=O)Nc1nnc([C@@H]3CCCO3)s1)C(=O)OC2. The van der Waals surface area contributed by atoms with Crippen molar-refractivity contribution in [3.63, 3.8) is 0 Å². The summed E-state index contributed by atoms with van der Waals surface area (Å²) in [4.78, 5) is 24.7. The molecule has 0 unspecified atom stereocenters. The van der Waals surface area contributed by atoms with E-state index in [-0.39, 0.29) is 24.6 Å². The van der Waals surface area contributed by atoms with Crippen molar-refractivity contribution in [2.75, 3.05) is 26.1 Å². The Morgan fingerprint density at radius 3 is 2.74 bits per heavy atom. The van der Waals surface area contributed by atoms with Gasteiger partial charge in [-0.1, -0.05) is 23.0 Å². The van der Waals surface area contributed by atoms with Crippen molar-refractivity contribution in [1.29, 1.82) is 0 Å². The number of ether oxygens (including phenoxy) is 4. The van der Waals surface area contributed by atoms with E-state index in [4.69, 9.17) is 18.9 Å². The van der Waals surface area contributed by atoms with Crippen molar-refractivity contribution in [1.82, 2.24) is 10.2 Å². The number of amides is 1. The molecule has 0 saturated carbocycles. The fourth-order valence-electron chi connectivity index (χ4n) is 4.29. The van der Waals surface area contributed by atoms with Crippen LogP contribution in [0.1, 0.15) is 70.8 Å². The summed E-state index contributed by atoms with van der Waals surface area (Å²) in [7, 11) is 3.14. The zero-order valence-electron chi connectivity index (χ0n) is 19.9. The van der Waals surface area contributed by atoms with Crippen molar-refractivity contribution < 1.29 is 28.5 Å². The smallest absolute Gasteiger partial charge is 0.342 e. The molecule has 182 valence electrons. The first-order chi connectivity index (χ1) is 16.4. The van der Waals surface area contributed by atoms with Crippen molar-refractivity contribution in [3.8, 4) is 11.5 Å². The van der Waals surface area contributed by atoms with Crippen LogP contribution in [0.5, 0.6) is 11.5 Å². The van der Waals surface area contributed by atoms with Gasteiger partial charge in [-0.05, 0) is 45.1 Å². The molecule has 1 fully saturated rings. The van der Waals surface area contributed by atoms with Gasteiger partial charge in [0.15, 0.2) is 0 Å². The van der Waals surface area contributed by atoms with E-state index < -0.39 is 0 Å². The van der Waals surface area contributed by atoms with E-state index in [2.05, 4.69) is 15.5 Å². The Labute approximate surface area is 202 Å². The summed E-state index contributed by atoms with van der Waals surface area (Å²) in [5.74, 6) is 0.679. The quantitative estimate of drug-likeness (QED) is 0.412. The van der Waals surface area contributed by atoms with Crippen molar-refractivity contribution in [3.05, 3.63) is 38.9 Å². The molecule has 10 heteroatoms. The molecule has 34 heavy (non-hydrogen) atoms. The van der Waals surface area contributed by atoms with Gasteiger partial charge in [-0.3, -0.25) is 4.79 Å². The Morgan fingerprint density at radius 1 is 1.24 bits per heavy atom. The Hall–Kier alpha value is -2.98. The van der Waals surface area contributed by atoms with Crippen LogP contribution in [0.25, 0.3) is 0 Å². The summed E-state index contributed by atoms with van der Waals surface area (Å²) in [5, 5.41) is 12.3. The lowest BCUT2D eigenvalue weighted by molar-refractivity contribution is -0.116. The highest BCUT2D eigenvalue weighted by molar-refractivity contribution is 7.15. The van der Waals surface area contributed by atoms with Gasteiger partial charge in [-0.2, -0.15) is 0 Å². The summed E-state index contributed by atoms with van der Waals surface area (Å²) >= 11 is 1.36. The third-order valence-electron chi connectivity index (χ3n) is 6.12. The van der Waals surface area contributed by atoms with Gasteiger partial charge >= 0.3 is 5.97 Å². The van der Waals surface area contributed by atoms with E-state index in [0.717, 1.165) is 46.7 Å². The number of allylic oxidation sites excluding steroid dienone is 2. The molecule has 9 nitrogen and oxygen atoms in total. The second-order valence-electron chi connectivity index (χ2n) is 8.35. The number of hydrogen-bond donors (Lipinski definition) is 1. The molecule has 1 N–H and O–H groups in total. The number of aromatic nitrogens is 2. The molecule has 0 aliphatic carbocycles. The zero-order chi connectivity index (χ0) is 24.2. The number of cyclic esters (lactones) is 1. The van der Waals surface area contributed by atoms with E-state index in [9.17, 15) is 9.59 Å². The minimum absolute atomic E-state index is 0.00739. The average Bonchev–Trinajstić information content (AvgIpc) is 3.58. The number of methoxy groups -OCH3 is 2. The first-order valence-electron chi connectivity index (χ1n) is 11.3. The van der Waals surface area contributed by atoms with E-state index in [1.54, 1.807) is 7.11 Å². The lowest BCUT2D eigenvalue weighted by atomic mass is 9.94. The normalized spacial score (nSPS) is 17.5. The number of carbonyl (C=O) groups excluding carboxylic acids is 2. The lowest BCUT2D eigenvalue weighted by Crippen LogP contribution is -2.11. The Morgan fingerprint density at radius 2 is 2.03 bits per heavy atom. The topological polar surface area (TPSA) is 109 Å². The number of nitrogens with one attached hydrogen (secondary N) is 1. The van der Waals surface area contributed by atoms with Crippen LogP contribution < -0.4 is 14.8 Å². The second-order valence-corrected chi connectivity index (χ2v) is 9.36. The van der Waals surface area contributed by atoms with Gasteiger partial charge in [0, 0.05) is 24.2 Å². The van der Waals surface area contributed by atoms with Crippen LogP contribution in [0, 0.1) is 6.92 Å². The van der Waals surface area contributed by atoms with Gasteiger partial charge in [-0.15, -0.1) is 10.2 Å². The van der Waals surface area contributed by atoms with Gasteiger partial charge in [-0.25, -0.2) is 4.79 Å². The molecule has 2 aliphatic heterocycles. The highest BCUT2D eigenvalue weighted by atomic mass is 32.1. The van der Waals surface area contributed by atoms with Crippen LogP contribution in [0.3, 0.4) is 0 Å². The average molecular weight is 488 g/mol. The molecule has 3 heterocycles. The molecule has 4 rings (SSSR count). The second kappa shape index (κ2) is 10.5. The summed E-state index contributed by atoms with van der Waals surface area (Å²) in [6.07, 6.45) is 5.38. The van der Waals surface area contributed by atoms with E-state index >= 15 is 0 Å². The molecule has 0 bridgehead atoms. The summed E-state index contributed by atoms with van der Waals surface area (Å²) in [6.45, 7) is 4.85. The van der Waals surface area contributed by atoms with Crippen LogP contribution in [0.4, 0.5) is 5.13 Å². The molecule has 2 aromatic rings. The first kappa shape index (κ1) is 24.2. The molecule has 1 amide bonds. The van der Waals surface area contributed by atoms with Crippen LogP contribution in [-0.4, -0.2) is 42.9 Å². The predicted molar refractivity (Wildman–Crippen MR) is 127 cm³/mol. The maximum Gasteiger partial charge on any atom is 0.342 e. The Balaban J connectivity index is 1.39. The van der Waals surface area contributed by atoms with Gasteiger partial charge < -0.3 is 24.3 Å². The standard InChI is InChI=1S/C24H29N3O6S/c1-13(8-10-18(28)25-24-27-26-22(34-24)17-6-5-11-32-17)7-9-15-20(30-3)14(2)16-12-33-23(29)19(16)21(15)31-4/h7,17H,5-6,8-12H2,1-4H3,(H,25,27,28)/b13-7+/t17-/m0/s1. The summed E-state index contributed by atoms with van der Waals surface area (Å²) in [5.41, 5.74) is 3.99. The molecular formula is C24H29N3O6S. The number of carbonyl (C=O) groups is 2.